The molecule has 1 aromatic heterocycles. The van der Waals surface area contributed by atoms with Crippen LogP contribution in [0.25, 0.3) is 0 Å². The zero-order valence-corrected chi connectivity index (χ0v) is 12.8. The van der Waals surface area contributed by atoms with Crippen molar-refractivity contribution in [2.45, 2.75) is 31.8 Å². The summed E-state index contributed by atoms with van der Waals surface area (Å²) in [6.45, 7) is 5.85. The van der Waals surface area contributed by atoms with Gasteiger partial charge in [0, 0.05) is 13.1 Å². The van der Waals surface area contributed by atoms with Crippen LogP contribution in [0.3, 0.4) is 0 Å². The zero-order chi connectivity index (χ0) is 16.2. The van der Waals surface area contributed by atoms with E-state index in [1.165, 1.54) is 11.8 Å². The number of carboxylic acids is 1. The average molecular weight is 318 g/mol. The number of carbonyl (C=O) groups is 2. The number of aromatic amines is 1. The molecule has 0 aromatic carbocycles. The van der Waals surface area contributed by atoms with Crippen LogP contribution in [-0.4, -0.2) is 59.6 Å². The summed E-state index contributed by atoms with van der Waals surface area (Å²) < 4.78 is 26.4. The number of hydrogen-bond donors (Lipinski definition) is 3. The minimum Gasteiger partial charge on any atom is -0.478 e. The molecule has 9 nitrogen and oxygen atoms in total. The Morgan fingerprint density at radius 2 is 2.00 bits per heavy atom. The van der Waals surface area contributed by atoms with Crippen molar-refractivity contribution in [2.75, 3.05) is 13.1 Å². The molecule has 0 aliphatic rings. The van der Waals surface area contributed by atoms with Crippen molar-refractivity contribution >= 4 is 21.9 Å². The largest absolute Gasteiger partial charge is 0.478 e. The molecule has 0 aliphatic heterocycles. The number of sulfonamides is 1. The van der Waals surface area contributed by atoms with Gasteiger partial charge in [-0.3, -0.25) is 9.89 Å². The Bertz CT molecular complexity index is 620. The second kappa shape index (κ2) is 6.68. The molecule has 0 saturated carbocycles. The van der Waals surface area contributed by atoms with E-state index in [1.807, 2.05) is 0 Å². The van der Waals surface area contributed by atoms with Crippen molar-refractivity contribution in [1.29, 1.82) is 0 Å². The molecule has 10 heteroatoms. The van der Waals surface area contributed by atoms with Gasteiger partial charge in [-0.15, -0.1) is 0 Å². The molecule has 1 unspecified atom stereocenters. The van der Waals surface area contributed by atoms with Crippen LogP contribution in [-0.2, 0) is 14.8 Å². The number of nitrogens with one attached hydrogen (secondary N) is 2. The molecule has 118 valence electrons. The Morgan fingerprint density at radius 1 is 1.43 bits per heavy atom. The Kier molecular flexibility index (Phi) is 5.44. The van der Waals surface area contributed by atoms with Gasteiger partial charge in [-0.25, -0.2) is 13.2 Å². The number of nitrogens with zero attached hydrogens (tertiary/aromatic N) is 2. The molecular formula is C11H18N4O5S. The lowest BCUT2D eigenvalue weighted by Gasteiger charge is -2.23. The van der Waals surface area contributed by atoms with E-state index in [4.69, 9.17) is 5.11 Å². The maximum atomic E-state index is 12.1. The van der Waals surface area contributed by atoms with Crippen LogP contribution in [0.5, 0.6) is 0 Å². The third-order valence-electron chi connectivity index (χ3n) is 2.88. The van der Waals surface area contributed by atoms with E-state index in [0.29, 0.717) is 13.1 Å². The van der Waals surface area contributed by atoms with E-state index in [9.17, 15) is 18.0 Å². The molecule has 0 aliphatic carbocycles. The first kappa shape index (κ1) is 17.1. The third kappa shape index (κ3) is 3.79. The minimum atomic E-state index is -4.18. The van der Waals surface area contributed by atoms with Gasteiger partial charge in [-0.05, 0) is 20.8 Å². The van der Waals surface area contributed by atoms with Gasteiger partial charge in [-0.1, -0.05) is 0 Å². The van der Waals surface area contributed by atoms with Crippen molar-refractivity contribution in [2.24, 2.45) is 0 Å². The fourth-order valence-electron chi connectivity index (χ4n) is 1.78. The first-order chi connectivity index (χ1) is 9.74. The van der Waals surface area contributed by atoms with Crippen LogP contribution < -0.4 is 4.72 Å². The summed E-state index contributed by atoms with van der Waals surface area (Å²) in [7, 11) is -4.18. The van der Waals surface area contributed by atoms with E-state index >= 15 is 0 Å². The minimum absolute atomic E-state index is 0.389. The van der Waals surface area contributed by atoms with Gasteiger partial charge in [0.25, 0.3) is 10.0 Å². The molecule has 0 radical (unpaired) electrons. The fraction of sp³-hybridized carbons (Fsp3) is 0.545. The Morgan fingerprint density at radius 3 is 2.48 bits per heavy atom. The van der Waals surface area contributed by atoms with Gasteiger partial charge in [0.2, 0.25) is 5.91 Å². The number of rotatable bonds is 7. The Labute approximate surface area is 122 Å². The zero-order valence-electron chi connectivity index (χ0n) is 12.0. The van der Waals surface area contributed by atoms with Crippen LogP contribution in [0, 0.1) is 0 Å². The number of aromatic carboxylic acids is 1. The second-order valence-corrected chi connectivity index (χ2v) is 5.92. The number of aromatic nitrogens is 2. The number of hydrogen-bond acceptors (Lipinski definition) is 5. The molecule has 1 rings (SSSR count). The number of likely N-dealkylation sites (N-methyl/N-ethyl adjacent to an activating group) is 1. The van der Waals surface area contributed by atoms with Crippen molar-refractivity contribution in [3.05, 3.63) is 11.8 Å². The predicted molar refractivity (Wildman–Crippen MR) is 73.3 cm³/mol. The van der Waals surface area contributed by atoms with Gasteiger partial charge >= 0.3 is 5.97 Å². The molecular weight excluding hydrogens is 300 g/mol. The highest BCUT2D eigenvalue weighted by Crippen LogP contribution is 2.12. The number of amides is 1. The van der Waals surface area contributed by atoms with E-state index in [2.05, 4.69) is 14.9 Å². The van der Waals surface area contributed by atoms with Gasteiger partial charge in [0.15, 0.2) is 5.03 Å². The summed E-state index contributed by atoms with van der Waals surface area (Å²) in [6, 6.07) is -1.01. The molecule has 3 N–H and O–H groups in total. The van der Waals surface area contributed by atoms with E-state index in [-0.39, 0.29) is 5.91 Å². The van der Waals surface area contributed by atoms with Gasteiger partial charge in [-0.2, -0.15) is 9.82 Å². The van der Waals surface area contributed by atoms with Crippen molar-refractivity contribution in [1.82, 2.24) is 19.8 Å². The second-order valence-electron chi connectivity index (χ2n) is 4.27. The molecule has 0 spiro atoms. The SMILES string of the molecule is CCN(CC)C(=O)C(C)NS(=O)(=O)c1[nH]ncc1C(=O)O. The summed E-state index contributed by atoms with van der Waals surface area (Å²) in [4.78, 5) is 24.4. The number of carboxylic acid groups (broad SMARTS) is 1. The van der Waals surface area contributed by atoms with Crippen molar-refractivity contribution < 1.29 is 23.1 Å². The molecule has 1 amide bonds. The molecule has 0 fully saturated rings. The van der Waals surface area contributed by atoms with E-state index in [0.717, 1.165) is 6.20 Å². The van der Waals surface area contributed by atoms with Crippen molar-refractivity contribution in [3.63, 3.8) is 0 Å². The third-order valence-corrected chi connectivity index (χ3v) is 4.39. The van der Waals surface area contributed by atoms with Gasteiger partial charge in [0.1, 0.15) is 5.56 Å². The summed E-state index contributed by atoms with van der Waals surface area (Å²) in [6.07, 6.45) is 0.897. The normalized spacial score (nSPS) is 12.9. The first-order valence-corrected chi connectivity index (χ1v) is 7.80. The van der Waals surface area contributed by atoms with Crippen LogP contribution in [0.1, 0.15) is 31.1 Å². The van der Waals surface area contributed by atoms with Crippen molar-refractivity contribution in [3.8, 4) is 0 Å². The van der Waals surface area contributed by atoms with E-state index in [1.54, 1.807) is 13.8 Å². The van der Waals surface area contributed by atoms with Gasteiger partial charge in [0.05, 0.1) is 12.2 Å². The lowest BCUT2D eigenvalue weighted by molar-refractivity contribution is -0.132. The topological polar surface area (TPSA) is 132 Å². The molecule has 1 heterocycles. The quantitative estimate of drug-likeness (QED) is 0.629. The molecule has 0 saturated heterocycles. The standard InChI is InChI=1S/C11H18N4O5S/c1-4-15(5-2)10(16)7(3)14-21(19,20)9-8(11(17)18)6-12-13-9/h6-7,14H,4-5H2,1-3H3,(H,12,13)(H,17,18). The van der Waals surface area contributed by atoms with Crippen LogP contribution in [0.4, 0.5) is 0 Å². The average Bonchev–Trinajstić information content (AvgIpc) is 2.89. The Hall–Kier alpha value is -1.94. The summed E-state index contributed by atoms with van der Waals surface area (Å²) in [5.41, 5.74) is -0.481. The predicted octanol–water partition coefficient (Wildman–Crippen LogP) is -0.357. The monoisotopic (exact) mass is 318 g/mol. The fourth-order valence-corrected chi connectivity index (χ4v) is 3.07. The van der Waals surface area contributed by atoms with E-state index < -0.39 is 32.6 Å². The molecule has 1 atom stereocenters. The lowest BCUT2D eigenvalue weighted by atomic mass is 10.3. The Balaban J connectivity index is 2.97. The molecule has 0 bridgehead atoms. The molecule has 1 aromatic rings. The summed E-state index contributed by atoms with van der Waals surface area (Å²) in [5.74, 6) is -1.81. The summed E-state index contributed by atoms with van der Waals surface area (Å²) in [5, 5.41) is 13.9. The lowest BCUT2D eigenvalue weighted by Crippen LogP contribution is -2.47. The van der Waals surface area contributed by atoms with Gasteiger partial charge < -0.3 is 10.0 Å². The first-order valence-electron chi connectivity index (χ1n) is 6.32. The molecule has 21 heavy (non-hydrogen) atoms. The van der Waals surface area contributed by atoms with Crippen LogP contribution in [0.15, 0.2) is 11.2 Å². The smallest absolute Gasteiger partial charge is 0.340 e. The number of H-pyrrole nitrogens is 1. The number of carbonyl (C=O) groups excluding carboxylic acids is 1. The van der Waals surface area contributed by atoms with Crippen LogP contribution >= 0.6 is 0 Å². The maximum Gasteiger partial charge on any atom is 0.340 e. The maximum absolute atomic E-state index is 12.1. The summed E-state index contributed by atoms with van der Waals surface area (Å²) >= 11 is 0. The highest BCUT2D eigenvalue weighted by atomic mass is 32.2. The van der Waals surface area contributed by atoms with Crippen LogP contribution in [0.2, 0.25) is 0 Å². The highest BCUT2D eigenvalue weighted by Gasteiger charge is 2.29. The highest BCUT2D eigenvalue weighted by molar-refractivity contribution is 7.89.